The fourth-order valence-corrected chi connectivity index (χ4v) is 3.39. The van der Waals surface area contributed by atoms with Crippen molar-refractivity contribution in [1.29, 1.82) is 0 Å². The molecule has 18 heavy (non-hydrogen) atoms. The van der Waals surface area contributed by atoms with Crippen molar-refractivity contribution >= 4 is 11.8 Å². The molecule has 1 unspecified atom stereocenters. The molecule has 0 bridgehead atoms. The van der Waals surface area contributed by atoms with Crippen LogP contribution in [-0.4, -0.2) is 36.3 Å². The summed E-state index contributed by atoms with van der Waals surface area (Å²) in [6.45, 7) is 2.62. The highest BCUT2D eigenvalue weighted by Gasteiger charge is 2.47. The number of hydrogen-bond donors (Lipinski definition) is 1. The van der Waals surface area contributed by atoms with E-state index in [1.807, 2.05) is 12.2 Å². The Labute approximate surface area is 107 Å². The summed E-state index contributed by atoms with van der Waals surface area (Å²) in [5, 5.41) is 3.34. The monoisotopic (exact) mass is 248 g/mol. The summed E-state index contributed by atoms with van der Waals surface area (Å²) in [7, 11) is 0. The molecule has 0 saturated carbocycles. The van der Waals surface area contributed by atoms with Crippen LogP contribution in [0.4, 0.5) is 0 Å². The largest absolute Gasteiger partial charge is 0.316 e. The summed E-state index contributed by atoms with van der Waals surface area (Å²) in [5.41, 5.74) is 0. The topological polar surface area (TPSA) is 49.4 Å². The van der Waals surface area contributed by atoms with Crippen molar-refractivity contribution in [3.05, 3.63) is 12.2 Å². The van der Waals surface area contributed by atoms with Gasteiger partial charge in [0.25, 0.3) is 0 Å². The molecule has 2 aliphatic heterocycles. The van der Waals surface area contributed by atoms with Gasteiger partial charge in [-0.05, 0) is 44.7 Å². The van der Waals surface area contributed by atoms with Crippen LogP contribution >= 0.6 is 0 Å². The first-order chi connectivity index (χ1) is 8.77. The predicted molar refractivity (Wildman–Crippen MR) is 67.7 cm³/mol. The zero-order valence-electron chi connectivity index (χ0n) is 10.6. The lowest BCUT2D eigenvalue weighted by molar-refractivity contribution is -0.140. The molecule has 4 heteroatoms. The van der Waals surface area contributed by atoms with E-state index in [2.05, 4.69) is 5.32 Å². The summed E-state index contributed by atoms with van der Waals surface area (Å²) >= 11 is 0. The molecule has 0 aromatic carbocycles. The zero-order chi connectivity index (χ0) is 12.5. The van der Waals surface area contributed by atoms with Crippen molar-refractivity contribution in [3.8, 4) is 0 Å². The molecule has 2 fully saturated rings. The second-order valence-electron chi connectivity index (χ2n) is 5.66. The van der Waals surface area contributed by atoms with Crippen LogP contribution in [-0.2, 0) is 9.59 Å². The summed E-state index contributed by atoms with van der Waals surface area (Å²) < 4.78 is 0. The fraction of sp³-hybridized carbons (Fsp3) is 0.714. The average molecular weight is 248 g/mol. The molecule has 0 spiro atoms. The van der Waals surface area contributed by atoms with E-state index in [0.717, 1.165) is 38.8 Å². The van der Waals surface area contributed by atoms with Crippen molar-refractivity contribution < 1.29 is 9.59 Å². The molecule has 3 rings (SSSR count). The Kier molecular flexibility index (Phi) is 3.20. The number of hydrogen-bond acceptors (Lipinski definition) is 3. The third-order valence-corrected chi connectivity index (χ3v) is 4.44. The minimum absolute atomic E-state index is 0.0694. The van der Waals surface area contributed by atoms with Crippen molar-refractivity contribution in [3.63, 3.8) is 0 Å². The van der Waals surface area contributed by atoms with E-state index in [0.29, 0.717) is 12.5 Å². The van der Waals surface area contributed by atoms with E-state index in [1.165, 1.54) is 0 Å². The highest BCUT2D eigenvalue weighted by molar-refractivity contribution is 6.05. The molecule has 2 saturated heterocycles. The molecule has 4 nitrogen and oxygen atoms in total. The molecule has 98 valence electrons. The Morgan fingerprint density at radius 3 is 2.39 bits per heavy atom. The van der Waals surface area contributed by atoms with Crippen LogP contribution in [0.15, 0.2) is 12.2 Å². The molecule has 2 heterocycles. The zero-order valence-corrected chi connectivity index (χ0v) is 10.6. The standard InChI is InChI=1S/C14H20N2O2/c17-13-11-5-1-2-6-12(11)14(18)16(13)9-10-4-3-7-15-8-10/h1-2,10-12,15H,3-9H2/t10?,11-,12+. The van der Waals surface area contributed by atoms with Crippen LogP contribution in [0.25, 0.3) is 0 Å². The van der Waals surface area contributed by atoms with Gasteiger partial charge in [-0.1, -0.05) is 12.2 Å². The third kappa shape index (κ3) is 1.99. The molecule has 1 N–H and O–H groups in total. The van der Waals surface area contributed by atoms with Gasteiger partial charge in [-0.15, -0.1) is 0 Å². The molecule has 1 aliphatic carbocycles. The van der Waals surface area contributed by atoms with Gasteiger partial charge in [0.2, 0.25) is 11.8 Å². The Balaban J connectivity index is 1.69. The number of carbonyl (C=O) groups is 2. The second-order valence-corrected chi connectivity index (χ2v) is 5.66. The minimum Gasteiger partial charge on any atom is -0.316 e. The number of nitrogens with one attached hydrogen (secondary N) is 1. The smallest absolute Gasteiger partial charge is 0.233 e. The van der Waals surface area contributed by atoms with Gasteiger partial charge >= 0.3 is 0 Å². The molecule has 0 radical (unpaired) electrons. The second kappa shape index (κ2) is 4.84. The normalized spacial score (nSPS) is 36.0. The van der Waals surface area contributed by atoms with Gasteiger partial charge in [-0.25, -0.2) is 0 Å². The lowest BCUT2D eigenvalue weighted by Crippen LogP contribution is -2.41. The first kappa shape index (κ1) is 11.9. The number of allylic oxidation sites excluding steroid dienone is 2. The van der Waals surface area contributed by atoms with Crippen LogP contribution in [0.3, 0.4) is 0 Å². The molecule has 3 aliphatic rings. The lowest BCUT2D eigenvalue weighted by atomic mass is 9.85. The molecule has 3 atom stereocenters. The van der Waals surface area contributed by atoms with E-state index in [1.54, 1.807) is 4.90 Å². The molecule has 0 aromatic rings. The van der Waals surface area contributed by atoms with Gasteiger partial charge < -0.3 is 5.32 Å². The number of amides is 2. The van der Waals surface area contributed by atoms with Crippen molar-refractivity contribution in [2.45, 2.75) is 25.7 Å². The highest BCUT2D eigenvalue weighted by atomic mass is 16.2. The van der Waals surface area contributed by atoms with Crippen LogP contribution in [0.1, 0.15) is 25.7 Å². The molecule has 2 amide bonds. The number of nitrogens with zero attached hydrogens (tertiary/aromatic N) is 1. The van der Waals surface area contributed by atoms with Crippen LogP contribution < -0.4 is 5.32 Å². The van der Waals surface area contributed by atoms with Crippen molar-refractivity contribution in [1.82, 2.24) is 10.2 Å². The van der Waals surface area contributed by atoms with E-state index in [9.17, 15) is 9.59 Å². The SMILES string of the molecule is O=C1[C@H]2CC=CC[C@H]2C(=O)N1CC1CCCNC1. The van der Waals surface area contributed by atoms with Gasteiger partial charge in [0, 0.05) is 6.54 Å². The predicted octanol–water partition coefficient (Wildman–Crippen LogP) is 0.937. The lowest BCUT2D eigenvalue weighted by Gasteiger charge is -2.26. The maximum absolute atomic E-state index is 12.3. The fourth-order valence-electron chi connectivity index (χ4n) is 3.39. The molecule has 0 aromatic heterocycles. The maximum Gasteiger partial charge on any atom is 0.233 e. The summed E-state index contributed by atoms with van der Waals surface area (Å²) in [4.78, 5) is 26.1. The summed E-state index contributed by atoms with van der Waals surface area (Å²) in [6.07, 6.45) is 7.84. The first-order valence-corrected chi connectivity index (χ1v) is 6.98. The average Bonchev–Trinajstić information content (AvgIpc) is 2.66. The number of piperidine rings is 1. The van der Waals surface area contributed by atoms with Crippen LogP contribution in [0.5, 0.6) is 0 Å². The number of carbonyl (C=O) groups excluding carboxylic acids is 2. The van der Waals surface area contributed by atoms with E-state index < -0.39 is 0 Å². The maximum atomic E-state index is 12.3. The quantitative estimate of drug-likeness (QED) is 0.584. The molecular weight excluding hydrogens is 228 g/mol. The Morgan fingerprint density at radius 2 is 1.83 bits per heavy atom. The summed E-state index contributed by atoms with van der Waals surface area (Å²) in [6, 6.07) is 0. The molecular formula is C14H20N2O2. The van der Waals surface area contributed by atoms with Crippen molar-refractivity contribution in [2.24, 2.45) is 17.8 Å². The van der Waals surface area contributed by atoms with Crippen LogP contribution in [0.2, 0.25) is 0 Å². The highest BCUT2D eigenvalue weighted by Crippen LogP contribution is 2.35. The van der Waals surface area contributed by atoms with Gasteiger partial charge in [-0.3, -0.25) is 14.5 Å². The van der Waals surface area contributed by atoms with Gasteiger partial charge in [0.05, 0.1) is 11.8 Å². The van der Waals surface area contributed by atoms with Crippen molar-refractivity contribution in [2.75, 3.05) is 19.6 Å². The Hall–Kier alpha value is -1.16. The summed E-state index contributed by atoms with van der Waals surface area (Å²) in [5.74, 6) is 0.442. The van der Waals surface area contributed by atoms with E-state index in [-0.39, 0.29) is 23.7 Å². The van der Waals surface area contributed by atoms with Gasteiger partial charge in [0.15, 0.2) is 0 Å². The number of likely N-dealkylation sites (tertiary alicyclic amines) is 1. The van der Waals surface area contributed by atoms with Crippen LogP contribution in [0, 0.1) is 17.8 Å². The van der Waals surface area contributed by atoms with Gasteiger partial charge in [-0.2, -0.15) is 0 Å². The van der Waals surface area contributed by atoms with E-state index in [4.69, 9.17) is 0 Å². The first-order valence-electron chi connectivity index (χ1n) is 6.98. The number of fused-ring (bicyclic) bond motifs is 1. The number of imide groups is 1. The Morgan fingerprint density at radius 1 is 1.17 bits per heavy atom. The number of rotatable bonds is 2. The minimum atomic E-state index is -0.0703. The van der Waals surface area contributed by atoms with E-state index >= 15 is 0 Å². The Bertz CT molecular complexity index is 359. The third-order valence-electron chi connectivity index (χ3n) is 4.44. The van der Waals surface area contributed by atoms with Gasteiger partial charge in [0.1, 0.15) is 0 Å².